The lowest BCUT2D eigenvalue weighted by Crippen LogP contribution is -2.22. The van der Waals surface area contributed by atoms with Gasteiger partial charge in [0.15, 0.2) is 5.03 Å². The van der Waals surface area contributed by atoms with Gasteiger partial charge in [0.1, 0.15) is 0 Å². The Morgan fingerprint density at radius 1 is 1.33 bits per heavy atom. The van der Waals surface area contributed by atoms with E-state index in [1.807, 2.05) is 34.6 Å². The van der Waals surface area contributed by atoms with Gasteiger partial charge in [-0.25, -0.2) is 8.42 Å². The third-order valence-corrected chi connectivity index (χ3v) is 2.69. The van der Waals surface area contributed by atoms with Gasteiger partial charge in [-0.3, -0.25) is 4.68 Å². The Morgan fingerprint density at radius 3 is 2.00 bits per heavy atom. The first-order valence-electron chi connectivity index (χ1n) is 4.72. The fourth-order valence-corrected chi connectivity index (χ4v) is 1.47. The molecular formula is C9H17ClN2O2S. The summed E-state index contributed by atoms with van der Waals surface area (Å²) in [5, 5.41) is 3.74. The van der Waals surface area contributed by atoms with Crippen LogP contribution in [0.3, 0.4) is 0 Å². The van der Waals surface area contributed by atoms with Crippen LogP contribution >= 0.6 is 10.7 Å². The third kappa shape index (κ3) is 4.22. The predicted molar refractivity (Wildman–Crippen MR) is 61.6 cm³/mol. The lowest BCUT2D eigenvalue weighted by Gasteiger charge is -2.18. The zero-order valence-corrected chi connectivity index (χ0v) is 11.2. The highest BCUT2D eigenvalue weighted by molar-refractivity contribution is 8.13. The van der Waals surface area contributed by atoms with Crippen molar-refractivity contribution in [2.75, 3.05) is 0 Å². The molecule has 1 rings (SSSR count). The molecular weight excluding hydrogens is 236 g/mol. The second-order valence-corrected chi connectivity index (χ2v) is 6.22. The van der Waals surface area contributed by atoms with Gasteiger partial charge in [-0.2, -0.15) is 5.10 Å². The van der Waals surface area contributed by atoms with Gasteiger partial charge < -0.3 is 0 Å². The number of hydrogen-bond acceptors (Lipinski definition) is 3. The van der Waals surface area contributed by atoms with Gasteiger partial charge in [0.25, 0.3) is 9.05 Å². The maximum atomic E-state index is 10.9. The highest BCUT2D eigenvalue weighted by atomic mass is 35.7. The van der Waals surface area contributed by atoms with E-state index in [1.165, 1.54) is 6.07 Å². The molecule has 0 aliphatic heterocycles. The molecule has 0 atom stereocenters. The highest BCUT2D eigenvalue weighted by Gasteiger charge is 2.19. The van der Waals surface area contributed by atoms with Gasteiger partial charge in [-0.1, -0.05) is 13.8 Å². The fourth-order valence-electron chi connectivity index (χ4n) is 0.811. The first-order chi connectivity index (χ1) is 6.71. The van der Waals surface area contributed by atoms with Gasteiger partial charge >= 0.3 is 0 Å². The molecule has 1 heterocycles. The average Bonchev–Trinajstić information content (AvgIpc) is 2.53. The molecule has 1 aromatic rings. The molecule has 0 saturated carbocycles. The van der Waals surface area contributed by atoms with Crippen LogP contribution in [0.2, 0.25) is 0 Å². The van der Waals surface area contributed by atoms with Crippen LogP contribution in [0.1, 0.15) is 34.6 Å². The fraction of sp³-hybridized carbons (Fsp3) is 0.667. The van der Waals surface area contributed by atoms with Crippen molar-refractivity contribution in [2.45, 2.75) is 45.2 Å². The zero-order chi connectivity index (χ0) is 12.3. The number of rotatable bonds is 1. The SMILES string of the molecule is CC.CC(C)(C)n1ccc(S(=O)(=O)Cl)n1. The number of aromatic nitrogens is 2. The number of nitrogens with zero attached hydrogens (tertiary/aromatic N) is 2. The molecule has 15 heavy (non-hydrogen) atoms. The van der Waals surface area contributed by atoms with Crippen LogP contribution in [0.15, 0.2) is 17.3 Å². The largest absolute Gasteiger partial charge is 0.280 e. The molecule has 0 amide bonds. The predicted octanol–water partition coefficient (Wildman–Crippen LogP) is 2.59. The van der Waals surface area contributed by atoms with E-state index in [1.54, 1.807) is 10.9 Å². The molecule has 0 bridgehead atoms. The molecule has 0 aromatic carbocycles. The van der Waals surface area contributed by atoms with E-state index in [2.05, 4.69) is 5.10 Å². The molecule has 1 aromatic heterocycles. The molecule has 4 nitrogen and oxygen atoms in total. The van der Waals surface area contributed by atoms with Gasteiger partial charge in [0.2, 0.25) is 0 Å². The minimum atomic E-state index is -3.70. The average molecular weight is 253 g/mol. The number of hydrogen-bond donors (Lipinski definition) is 0. The van der Waals surface area contributed by atoms with Gasteiger partial charge in [0.05, 0.1) is 5.54 Å². The molecule has 6 heteroatoms. The van der Waals surface area contributed by atoms with E-state index in [4.69, 9.17) is 10.7 Å². The Balaban J connectivity index is 0.000000921. The molecule has 0 radical (unpaired) electrons. The van der Waals surface area contributed by atoms with Crippen molar-refractivity contribution in [1.29, 1.82) is 0 Å². The summed E-state index contributed by atoms with van der Waals surface area (Å²) in [6, 6.07) is 1.38. The van der Waals surface area contributed by atoms with Crippen LogP contribution in [0.4, 0.5) is 0 Å². The summed E-state index contributed by atoms with van der Waals surface area (Å²) in [7, 11) is 1.42. The Hall–Kier alpha value is -0.550. The van der Waals surface area contributed by atoms with Crippen molar-refractivity contribution >= 4 is 19.7 Å². The van der Waals surface area contributed by atoms with E-state index in [0.29, 0.717) is 0 Å². The Kier molecular flexibility index (Phi) is 4.80. The summed E-state index contributed by atoms with van der Waals surface area (Å²) in [4.78, 5) is 0. The minimum Gasteiger partial charge on any atom is -0.266 e. The summed E-state index contributed by atoms with van der Waals surface area (Å²) in [5.41, 5.74) is -0.236. The zero-order valence-electron chi connectivity index (χ0n) is 9.65. The Labute approximate surface area is 95.7 Å². The first-order valence-corrected chi connectivity index (χ1v) is 7.03. The second kappa shape index (κ2) is 4.99. The van der Waals surface area contributed by atoms with Crippen molar-refractivity contribution < 1.29 is 8.42 Å². The van der Waals surface area contributed by atoms with Crippen molar-refractivity contribution in [1.82, 2.24) is 9.78 Å². The van der Waals surface area contributed by atoms with Crippen molar-refractivity contribution in [2.24, 2.45) is 0 Å². The molecule has 0 spiro atoms. The summed E-state index contributed by atoms with van der Waals surface area (Å²) in [5.74, 6) is 0. The third-order valence-electron chi connectivity index (χ3n) is 1.50. The Bertz CT molecular complexity index is 404. The second-order valence-electron chi connectivity index (χ2n) is 3.71. The molecule has 0 saturated heterocycles. The van der Waals surface area contributed by atoms with Crippen molar-refractivity contribution in [3.8, 4) is 0 Å². The molecule has 88 valence electrons. The molecule has 0 N–H and O–H groups in total. The van der Waals surface area contributed by atoms with Gasteiger partial charge in [0, 0.05) is 16.9 Å². The lowest BCUT2D eigenvalue weighted by atomic mass is 10.1. The molecule has 0 fully saturated rings. The van der Waals surface area contributed by atoms with Crippen LogP contribution in [0.5, 0.6) is 0 Å². The van der Waals surface area contributed by atoms with E-state index in [0.717, 1.165) is 0 Å². The maximum Gasteiger partial charge on any atom is 0.280 e. The smallest absolute Gasteiger partial charge is 0.266 e. The van der Waals surface area contributed by atoms with Crippen molar-refractivity contribution in [3.05, 3.63) is 12.3 Å². The number of halogens is 1. The van der Waals surface area contributed by atoms with Gasteiger partial charge in [-0.15, -0.1) is 0 Å². The topological polar surface area (TPSA) is 52.0 Å². The summed E-state index contributed by atoms with van der Waals surface area (Å²) < 4.78 is 23.3. The molecule has 0 unspecified atom stereocenters. The molecule has 0 aliphatic carbocycles. The van der Waals surface area contributed by atoms with Crippen LogP contribution in [-0.2, 0) is 14.6 Å². The van der Waals surface area contributed by atoms with Crippen LogP contribution in [0.25, 0.3) is 0 Å². The first kappa shape index (κ1) is 14.5. The monoisotopic (exact) mass is 252 g/mol. The minimum absolute atomic E-state index is 0.107. The Morgan fingerprint density at radius 2 is 1.80 bits per heavy atom. The lowest BCUT2D eigenvalue weighted by molar-refractivity contribution is 0.350. The van der Waals surface area contributed by atoms with Gasteiger partial charge in [-0.05, 0) is 26.8 Å². The van der Waals surface area contributed by atoms with E-state index in [9.17, 15) is 8.42 Å². The molecule has 0 aliphatic rings. The van der Waals surface area contributed by atoms with E-state index in [-0.39, 0.29) is 10.6 Å². The van der Waals surface area contributed by atoms with Crippen LogP contribution < -0.4 is 0 Å². The maximum absolute atomic E-state index is 10.9. The van der Waals surface area contributed by atoms with Crippen LogP contribution in [0, 0.1) is 0 Å². The summed E-state index contributed by atoms with van der Waals surface area (Å²) in [6.45, 7) is 9.76. The van der Waals surface area contributed by atoms with Crippen molar-refractivity contribution in [3.63, 3.8) is 0 Å². The normalized spacial score (nSPS) is 11.9. The standard InChI is InChI=1S/C7H11ClN2O2S.C2H6/c1-7(2,3)10-5-4-6(9-10)13(8,11)12;1-2/h4-5H,1-3H3;1-2H3. The van der Waals surface area contributed by atoms with Crippen LogP contribution in [-0.4, -0.2) is 18.2 Å². The highest BCUT2D eigenvalue weighted by Crippen LogP contribution is 2.17. The summed E-state index contributed by atoms with van der Waals surface area (Å²) >= 11 is 0. The quantitative estimate of drug-likeness (QED) is 0.722. The summed E-state index contributed by atoms with van der Waals surface area (Å²) in [6.07, 6.45) is 1.59. The van der Waals surface area contributed by atoms with E-state index >= 15 is 0 Å². The van der Waals surface area contributed by atoms with E-state index < -0.39 is 9.05 Å².